The predicted octanol–water partition coefficient (Wildman–Crippen LogP) is 2.11. The van der Waals surface area contributed by atoms with E-state index in [1.807, 2.05) is 14.0 Å². The molecule has 0 aliphatic heterocycles. The molecule has 0 saturated heterocycles. The van der Waals surface area contributed by atoms with Crippen LogP contribution in [0.15, 0.2) is 0 Å². The van der Waals surface area contributed by atoms with Gasteiger partial charge < -0.3 is 10.1 Å². The summed E-state index contributed by atoms with van der Waals surface area (Å²) in [5, 5.41) is 3.32. The third-order valence-corrected chi connectivity index (χ3v) is 3.42. The maximum atomic E-state index is 11.5. The summed E-state index contributed by atoms with van der Waals surface area (Å²) in [5.41, 5.74) is 0.311. The van der Waals surface area contributed by atoms with Crippen LogP contribution in [0.4, 0.5) is 0 Å². The van der Waals surface area contributed by atoms with Gasteiger partial charge in [-0.1, -0.05) is 13.8 Å². The maximum absolute atomic E-state index is 11.5. The van der Waals surface area contributed by atoms with Crippen molar-refractivity contribution in [3.05, 3.63) is 0 Å². The van der Waals surface area contributed by atoms with Gasteiger partial charge in [0.05, 0.1) is 13.0 Å². The van der Waals surface area contributed by atoms with Crippen LogP contribution in [0.25, 0.3) is 0 Å². The van der Waals surface area contributed by atoms with Crippen molar-refractivity contribution in [1.29, 1.82) is 0 Å². The second kappa shape index (κ2) is 4.52. The topological polar surface area (TPSA) is 38.3 Å². The van der Waals surface area contributed by atoms with E-state index in [1.165, 1.54) is 6.42 Å². The van der Waals surface area contributed by atoms with Crippen LogP contribution in [0, 0.1) is 5.41 Å². The Morgan fingerprint density at radius 2 is 2.07 bits per heavy atom. The minimum atomic E-state index is -0.0791. The first-order valence-electron chi connectivity index (χ1n) is 5.78. The molecule has 0 heterocycles. The molecule has 3 heteroatoms. The number of rotatable bonds is 4. The third kappa shape index (κ3) is 3.20. The molecule has 1 saturated carbocycles. The van der Waals surface area contributed by atoms with Gasteiger partial charge in [-0.05, 0) is 38.6 Å². The Hall–Kier alpha value is -0.570. The highest BCUT2D eigenvalue weighted by Gasteiger charge is 2.43. The van der Waals surface area contributed by atoms with E-state index in [0.29, 0.717) is 18.4 Å². The van der Waals surface area contributed by atoms with Gasteiger partial charge in [0.2, 0.25) is 0 Å². The second-order valence-corrected chi connectivity index (χ2v) is 5.35. The monoisotopic (exact) mass is 213 g/mol. The first-order valence-corrected chi connectivity index (χ1v) is 5.78. The Labute approximate surface area is 92.6 Å². The SMILES string of the molecule is CCOC(=O)CC1(NC)CCC(C)(C)C1. The fourth-order valence-electron chi connectivity index (χ4n) is 2.61. The molecule has 1 rings (SSSR count). The molecule has 88 valence electrons. The van der Waals surface area contributed by atoms with Gasteiger partial charge in [0.15, 0.2) is 0 Å². The highest BCUT2D eigenvalue weighted by molar-refractivity contribution is 5.71. The fourth-order valence-corrected chi connectivity index (χ4v) is 2.61. The maximum Gasteiger partial charge on any atom is 0.307 e. The summed E-state index contributed by atoms with van der Waals surface area (Å²) >= 11 is 0. The van der Waals surface area contributed by atoms with Crippen molar-refractivity contribution in [1.82, 2.24) is 5.32 Å². The lowest BCUT2D eigenvalue weighted by atomic mass is 9.86. The fraction of sp³-hybridized carbons (Fsp3) is 0.917. The summed E-state index contributed by atoms with van der Waals surface area (Å²) in [6, 6.07) is 0. The van der Waals surface area contributed by atoms with Gasteiger partial charge in [0.1, 0.15) is 0 Å². The number of hydrogen-bond acceptors (Lipinski definition) is 3. The Kier molecular flexibility index (Phi) is 3.77. The van der Waals surface area contributed by atoms with Crippen LogP contribution in [0.2, 0.25) is 0 Å². The normalized spacial score (nSPS) is 29.1. The van der Waals surface area contributed by atoms with E-state index in [9.17, 15) is 4.79 Å². The predicted molar refractivity (Wildman–Crippen MR) is 60.7 cm³/mol. The van der Waals surface area contributed by atoms with Crippen molar-refractivity contribution in [2.75, 3.05) is 13.7 Å². The van der Waals surface area contributed by atoms with Gasteiger partial charge in [-0.2, -0.15) is 0 Å². The van der Waals surface area contributed by atoms with Gasteiger partial charge in [-0.25, -0.2) is 0 Å². The summed E-state index contributed by atoms with van der Waals surface area (Å²) in [4.78, 5) is 11.5. The Morgan fingerprint density at radius 1 is 1.40 bits per heavy atom. The Morgan fingerprint density at radius 3 is 2.47 bits per heavy atom. The molecule has 0 aromatic heterocycles. The molecule has 0 aromatic rings. The van der Waals surface area contributed by atoms with Gasteiger partial charge in [0.25, 0.3) is 0 Å². The van der Waals surface area contributed by atoms with Crippen molar-refractivity contribution in [2.24, 2.45) is 5.41 Å². The van der Waals surface area contributed by atoms with Gasteiger partial charge >= 0.3 is 5.97 Å². The highest BCUT2D eigenvalue weighted by atomic mass is 16.5. The van der Waals surface area contributed by atoms with Gasteiger partial charge in [-0.3, -0.25) is 4.79 Å². The van der Waals surface area contributed by atoms with Crippen LogP contribution < -0.4 is 5.32 Å². The van der Waals surface area contributed by atoms with E-state index in [1.54, 1.807) is 0 Å². The third-order valence-electron chi connectivity index (χ3n) is 3.42. The van der Waals surface area contributed by atoms with Gasteiger partial charge in [0, 0.05) is 5.54 Å². The van der Waals surface area contributed by atoms with Crippen molar-refractivity contribution < 1.29 is 9.53 Å². The molecule has 0 aromatic carbocycles. The molecular weight excluding hydrogens is 190 g/mol. The van der Waals surface area contributed by atoms with Crippen molar-refractivity contribution in [2.45, 2.75) is 52.0 Å². The summed E-state index contributed by atoms with van der Waals surface area (Å²) in [5.74, 6) is -0.0791. The Balaban J connectivity index is 2.59. The van der Waals surface area contributed by atoms with E-state index in [2.05, 4.69) is 19.2 Å². The lowest BCUT2D eigenvalue weighted by Crippen LogP contribution is -2.43. The first-order chi connectivity index (χ1) is 6.93. The van der Waals surface area contributed by atoms with Crippen LogP contribution in [0.5, 0.6) is 0 Å². The zero-order valence-electron chi connectivity index (χ0n) is 10.4. The van der Waals surface area contributed by atoms with Crippen LogP contribution in [0.1, 0.15) is 46.5 Å². The zero-order chi connectivity index (χ0) is 11.5. The van der Waals surface area contributed by atoms with Crippen LogP contribution in [-0.2, 0) is 9.53 Å². The largest absolute Gasteiger partial charge is 0.466 e. The van der Waals surface area contributed by atoms with Gasteiger partial charge in [-0.15, -0.1) is 0 Å². The van der Waals surface area contributed by atoms with E-state index in [0.717, 1.165) is 12.8 Å². The summed E-state index contributed by atoms with van der Waals surface area (Å²) in [7, 11) is 1.95. The van der Waals surface area contributed by atoms with E-state index < -0.39 is 0 Å². The summed E-state index contributed by atoms with van der Waals surface area (Å²) in [6.45, 7) is 6.85. The van der Waals surface area contributed by atoms with E-state index in [4.69, 9.17) is 4.74 Å². The second-order valence-electron chi connectivity index (χ2n) is 5.35. The van der Waals surface area contributed by atoms with E-state index >= 15 is 0 Å². The Bertz CT molecular complexity index is 238. The number of hydrogen-bond donors (Lipinski definition) is 1. The highest BCUT2D eigenvalue weighted by Crippen LogP contribution is 2.45. The molecule has 1 aliphatic carbocycles. The number of carbonyl (C=O) groups excluding carboxylic acids is 1. The first kappa shape index (κ1) is 12.5. The van der Waals surface area contributed by atoms with E-state index in [-0.39, 0.29) is 11.5 Å². The molecule has 1 fully saturated rings. The minimum absolute atomic E-state index is 0.0320. The molecule has 1 N–H and O–H groups in total. The van der Waals surface area contributed by atoms with Crippen molar-refractivity contribution in [3.8, 4) is 0 Å². The molecule has 0 radical (unpaired) electrons. The van der Waals surface area contributed by atoms with Crippen molar-refractivity contribution >= 4 is 5.97 Å². The molecule has 3 nitrogen and oxygen atoms in total. The lowest BCUT2D eigenvalue weighted by molar-refractivity contribution is -0.144. The smallest absolute Gasteiger partial charge is 0.307 e. The molecule has 0 amide bonds. The van der Waals surface area contributed by atoms with Crippen LogP contribution in [0.3, 0.4) is 0 Å². The molecule has 0 spiro atoms. The molecule has 1 aliphatic rings. The number of carbonyl (C=O) groups is 1. The number of esters is 1. The lowest BCUT2D eigenvalue weighted by Gasteiger charge is -2.29. The molecular formula is C12H23NO2. The summed E-state index contributed by atoms with van der Waals surface area (Å²) in [6.07, 6.45) is 3.79. The zero-order valence-corrected chi connectivity index (χ0v) is 10.4. The number of nitrogens with one attached hydrogen (secondary N) is 1. The van der Waals surface area contributed by atoms with Crippen LogP contribution >= 0.6 is 0 Å². The molecule has 1 unspecified atom stereocenters. The average Bonchev–Trinajstić information content (AvgIpc) is 2.43. The average molecular weight is 213 g/mol. The standard InChI is InChI=1S/C12H23NO2/c1-5-15-10(14)8-12(13-4)7-6-11(2,3)9-12/h13H,5-9H2,1-4H3. The molecule has 15 heavy (non-hydrogen) atoms. The quantitative estimate of drug-likeness (QED) is 0.727. The summed E-state index contributed by atoms with van der Waals surface area (Å²) < 4.78 is 5.02. The molecule has 1 atom stereocenters. The number of ether oxygens (including phenoxy) is 1. The minimum Gasteiger partial charge on any atom is -0.466 e. The molecule has 0 bridgehead atoms. The van der Waals surface area contributed by atoms with Crippen LogP contribution in [-0.4, -0.2) is 25.2 Å². The van der Waals surface area contributed by atoms with Crippen molar-refractivity contribution in [3.63, 3.8) is 0 Å².